The number of carbonyl (C=O) groups is 1. The fourth-order valence-corrected chi connectivity index (χ4v) is 4.23. The number of aromatic hydroxyl groups is 1. The maximum absolute atomic E-state index is 11.8. The molecule has 1 radical (unpaired) electrons. The number of hydrogen-bond donors (Lipinski definition) is 2. The summed E-state index contributed by atoms with van der Waals surface area (Å²) in [7, 11) is -0.291. The van der Waals surface area contributed by atoms with E-state index in [4.69, 9.17) is 0 Å². The average Bonchev–Trinajstić information content (AvgIpc) is 2.60. The van der Waals surface area contributed by atoms with Gasteiger partial charge in [0.2, 0.25) is 0 Å². The smallest absolute Gasteiger partial charge is 0.335 e. The molecule has 26 heavy (non-hydrogen) atoms. The first kappa shape index (κ1) is 20.2. The van der Waals surface area contributed by atoms with Crippen molar-refractivity contribution in [1.29, 1.82) is 0 Å². The molecule has 2 aromatic rings. The Hall–Kier alpha value is -2.07. The minimum Gasteiger partial charge on any atom is -0.508 e. The van der Waals surface area contributed by atoms with E-state index in [-0.39, 0.29) is 14.5 Å². The van der Waals surface area contributed by atoms with Crippen molar-refractivity contribution in [2.24, 2.45) is 0 Å². The van der Waals surface area contributed by atoms with Crippen LogP contribution in [0.15, 0.2) is 36.4 Å². The van der Waals surface area contributed by atoms with E-state index >= 15 is 0 Å². The maximum atomic E-state index is 11.8. The average molecular weight is 370 g/mol. The van der Waals surface area contributed by atoms with Crippen LogP contribution in [0.5, 0.6) is 5.75 Å². The number of carboxylic acids is 1. The highest BCUT2D eigenvalue weighted by Gasteiger charge is 2.18. The van der Waals surface area contributed by atoms with E-state index in [1.165, 1.54) is 11.6 Å². The summed E-state index contributed by atoms with van der Waals surface area (Å²) in [6, 6.07) is 12.1. The molecule has 0 aliphatic carbocycles. The van der Waals surface area contributed by atoms with Crippen molar-refractivity contribution in [3.05, 3.63) is 53.1 Å². The summed E-state index contributed by atoms with van der Waals surface area (Å²) in [6.45, 7) is 6.77. The zero-order valence-corrected chi connectivity index (χ0v) is 17.0. The van der Waals surface area contributed by atoms with Crippen LogP contribution < -0.4 is 0 Å². The van der Waals surface area contributed by atoms with E-state index in [9.17, 15) is 15.0 Å². The highest BCUT2D eigenvalue weighted by molar-refractivity contribution is 6.55. The molecule has 2 N–H and O–H groups in total. The van der Waals surface area contributed by atoms with Gasteiger partial charge in [0.25, 0.3) is 0 Å². The second-order valence-electron chi connectivity index (χ2n) is 7.13. The molecule has 0 saturated heterocycles. The highest BCUT2D eigenvalue weighted by atomic mass is 28.3. The normalized spacial score (nSPS) is 11.1. The van der Waals surface area contributed by atoms with Crippen molar-refractivity contribution in [3.63, 3.8) is 0 Å². The van der Waals surface area contributed by atoms with E-state index in [1.54, 1.807) is 18.2 Å². The Bertz CT molecular complexity index is 736. The minimum atomic E-state index is -0.842. The van der Waals surface area contributed by atoms with Gasteiger partial charge in [0, 0.05) is 8.80 Å². The molecule has 0 atom stereocenters. The van der Waals surface area contributed by atoms with Crippen molar-refractivity contribution < 1.29 is 15.0 Å². The molecule has 2 rings (SSSR count). The molecular formula is C22H29O3Si. The number of rotatable bonds is 9. The number of carboxylic acid groups (broad SMARTS) is 1. The molecule has 0 aliphatic heterocycles. The molecule has 3 nitrogen and oxygen atoms in total. The maximum Gasteiger partial charge on any atom is 0.335 e. The van der Waals surface area contributed by atoms with Crippen LogP contribution >= 0.6 is 0 Å². The predicted octanol–water partition coefficient (Wildman–Crippen LogP) is 5.79. The van der Waals surface area contributed by atoms with Crippen LogP contribution in [0.3, 0.4) is 0 Å². The van der Waals surface area contributed by atoms with Crippen LogP contribution in [0.1, 0.15) is 47.7 Å². The first-order valence-corrected chi connectivity index (χ1v) is 12.1. The zero-order valence-electron chi connectivity index (χ0n) is 16.0. The largest absolute Gasteiger partial charge is 0.508 e. The van der Waals surface area contributed by atoms with Crippen LogP contribution in [0.25, 0.3) is 11.1 Å². The third kappa shape index (κ3) is 5.21. The molecular weight excluding hydrogens is 340 g/mol. The van der Waals surface area contributed by atoms with Gasteiger partial charge in [-0.15, -0.1) is 0 Å². The lowest BCUT2D eigenvalue weighted by molar-refractivity contribution is 0.0695. The molecule has 0 saturated carbocycles. The standard InChI is InChI=1S/C22H29O3Si/c1-4-5-7-20-19(8-6-15-26(2)3)18(13-14-21(20)22(24)25)16-9-11-17(23)12-10-16/h9-14,23H,4-8,15H2,1-3H3,(H,24,25). The molecule has 139 valence electrons. The number of unbranched alkanes of at least 4 members (excludes halogenated alkanes) is 1. The summed E-state index contributed by atoms with van der Waals surface area (Å²) in [4.78, 5) is 11.8. The second-order valence-corrected chi connectivity index (χ2v) is 10.0. The molecule has 0 amide bonds. The van der Waals surface area contributed by atoms with Crippen LogP contribution in [-0.4, -0.2) is 25.0 Å². The summed E-state index contributed by atoms with van der Waals surface area (Å²) in [5.74, 6) is -0.599. The Kier molecular flexibility index (Phi) is 7.46. The van der Waals surface area contributed by atoms with E-state index in [2.05, 4.69) is 20.0 Å². The van der Waals surface area contributed by atoms with Gasteiger partial charge in [-0.1, -0.05) is 57.1 Å². The lowest BCUT2D eigenvalue weighted by Crippen LogP contribution is -2.09. The van der Waals surface area contributed by atoms with Crippen molar-refractivity contribution in [2.75, 3.05) is 0 Å². The Labute approximate surface area is 158 Å². The third-order valence-electron chi connectivity index (χ3n) is 4.72. The first-order chi connectivity index (χ1) is 12.4. The predicted molar refractivity (Wildman–Crippen MR) is 110 cm³/mol. The lowest BCUT2D eigenvalue weighted by atomic mass is 9.87. The van der Waals surface area contributed by atoms with Crippen LogP contribution in [0.4, 0.5) is 0 Å². The number of phenols is 1. The molecule has 0 spiro atoms. The van der Waals surface area contributed by atoms with Crippen molar-refractivity contribution in [1.82, 2.24) is 0 Å². The topological polar surface area (TPSA) is 57.5 Å². The molecule has 2 aromatic carbocycles. The van der Waals surface area contributed by atoms with Gasteiger partial charge in [0.05, 0.1) is 5.56 Å². The first-order valence-electron chi connectivity index (χ1n) is 9.40. The summed E-state index contributed by atoms with van der Waals surface area (Å²) < 4.78 is 0. The van der Waals surface area contributed by atoms with E-state index in [0.717, 1.165) is 48.8 Å². The summed E-state index contributed by atoms with van der Waals surface area (Å²) in [5, 5.41) is 19.3. The van der Waals surface area contributed by atoms with E-state index in [0.29, 0.717) is 5.56 Å². The Morgan fingerprint density at radius 3 is 2.19 bits per heavy atom. The van der Waals surface area contributed by atoms with Gasteiger partial charge in [-0.25, -0.2) is 4.79 Å². The SMILES string of the molecule is CCCCc1c(C(=O)O)ccc(-c2ccc(O)cc2)c1CCC[Si](C)C. The van der Waals surface area contributed by atoms with Gasteiger partial charge in [0.1, 0.15) is 5.75 Å². The van der Waals surface area contributed by atoms with Crippen molar-refractivity contribution in [2.45, 2.75) is 58.2 Å². The number of phenolic OH excluding ortho intramolecular Hbond substituents is 1. The van der Waals surface area contributed by atoms with Gasteiger partial charge in [-0.05, 0) is 59.7 Å². The second kappa shape index (κ2) is 9.58. The monoisotopic (exact) mass is 369 g/mol. The third-order valence-corrected chi connectivity index (χ3v) is 6.08. The zero-order chi connectivity index (χ0) is 19.1. The van der Waals surface area contributed by atoms with Gasteiger partial charge in [0.15, 0.2) is 0 Å². The van der Waals surface area contributed by atoms with Gasteiger partial charge in [-0.2, -0.15) is 0 Å². The number of hydrogen-bond acceptors (Lipinski definition) is 2. The van der Waals surface area contributed by atoms with Crippen LogP contribution in [0.2, 0.25) is 19.1 Å². The highest BCUT2D eigenvalue weighted by Crippen LogP contribution is 2.32. The number of benzene rings is 2. The van der Waals surface area contributed by atoms with Gasteiger partial charge in [-0.3, -0.25) is 0 Å². The number of aromatic carboxylic acids is 1. The van der Waals surface area contributed by atoms with Crippen molar-refractivity contribution in [3.8, 4) is 16.9 Å². The van der Waals surface area contributed by atoms with Crippen LogP contribution in [0, 0.1) is 0 Å². The fourth-order valence-electron chi connectivity index (χ4n) is 3.35. The summed E-state index contributed by atoms with van der Waals surface area (Å²) >= 11 is 0. The van der Waals surface area contributed by atoms with Gasteiger partial charge < -0.3 is 10.2 Å². The van der Waals surface area contributed by atoms with Gasteiger partial charge >= 0.3 is 5.97 Å². The lowest BCUT2D eigenvalue weighted by Gasteiger charge is -2.18. The molecule has 0 bridgehead atoms. The minimum absolute atomic E-state index is 0.243. The summed E-state index contributed by atoms with van der Waals surface area (Å²) in [6.07, 6.45) is 4.83. The Balaban J connectivity index is 2.53. The molecule has 4 heteroatoms. The van der Waals surface area contributed by atoms with E-state index in [1.807, 2.05) is 18.2 Å². The molecule has 0 aliphatic rings. The molecule has 0 fully saturated rings. The quantitative estimate of drug-likeness (QED) is 0.550. The Morgan fingerprint density at radius 2 is 1.62 bits per heavy atom. The van der Waals surface area contributed by atoms with E-state index < -0.39 is 5.97 Å². The van der Waals surface area contributed by atoms with Crippen molar-refractivity contribution >= 4 is 14.8 Å². The fraction of sp³-hybridized carbons (Fsp3) is 0.409. The molecule has 0 heterocycles. The van der Waals surface area contributed by atoms with Crippen LogP contribution in [-0.2, 0) is 12.8 Å². The molecule has 0 unspecified atom stereocenters. The Morgan fingerprint density at radius 1 is 0.962 bits per heavy atom. The molecule has 0 aromatic heterocycles. The summed E-state index contributed by atoms with van der Waals surface area (Å²) in [5.41, 5.74) is 4.74.